The van der Waals surface area contributed by atoms with E-state index in [1.165, 1.54) is 12.1 Å². The molecule has 3 unspecified atom stereocenters. The second-order valence-corrected chi connectivity index (χ2v) is 6.16. The quantitative estimate of drug-likeness (QED) is 0.225. The molecule has 0 aliphatic heterocycles. The highest BCUT2D eigenvalue weighted by Gasteiger charge is 2.28. The molecule has 27 heavy (non-hydrogen) atoms. The van der Waals surface area contributed by atoms with Crippen LogP contribution in [0.15, 0.2) is 24.3 Å². The van der Waals surface area contributed by atoms with Crippen molar-refractivity contribution in [2.24, 2.45) is 11.5 Å². The first kappa shape index (κ1) is 22.3. The van der Waals surface area contributed by atoms with Gasteiger partial charge in [-0.05, 0) is 17.7 Å². The average molecular weight is 398 g/mol. The number of hydrogen-bond acceptors (Lipinski definition) is 7. The van der Waals surface area contributed by atoms with Gasteiger partial charge in [-0.2, -0.15) is 12.6 Å². The van der Waals surface area contributed by atoms with Gasteiger partial charge < -0.3 is 32.3 Å². The maximum atomic E-state index is 12.5. The van der Waals surface area contributed by atoms with Crippen LogP contribution in [0.3, 0.4) is 0 Å². The smallest absolute Gasteiger partial charge is 0.327 e. The van der Waals surface area contributed by atoms with Crippen LogP contribution < -0.4 is 22.1 Å². The van der Waals surface area contributed by atoms with Gasteiger partial charge in [-0.25, -0.2) is 4.79 Å². The van der Waals surface area contributed by atoms with E-state index in [-0.39, 0.29) is 17.9 Å². The first-order valence-electron chi connectivity index (χ1n) is 7.90. The van der Waals surface area contributed by atoms with E-state index in [0.29, 0.717) is 5.56 Å². The lowest BCUT2D eigenvalue weighted by Gasteiger charge is -2.22. The van der Waals surface area contributed by atoms with Gasteiger partial charge in [0.1, 0.15) is 17.8 Å². The molecule has 0 heterocycles. The van der Waals surface area contributed by atoms with Crippen LogP contribution in [0.2, 0.25) is 0 Å². The van der Waals surface area contributed by atoms with Crippen LogP contribution in [0.25, 0.3) is 0 Å². The van der Waals surface area contributed by atoms with E-state index in [9.17, 15) is 24.3 Å². The van der Waals surface area contributed by atoms with Gasteiger partial charge >= 0.3 is 5.97 Å². The van der Waals surface area contributed by atoms with E-state index in [0.717, 1.165) is 0 Å². The van der Waals surface area contributed by atoms with Gasteiger partial charge in [0.05, 0.1) is 12.5 Å². The molecular weight excluding hydrogens is 376 g/mol. The lowest BCUT2D eigenvalue weighted by Crippen LogP contribution is -2.56. The molecule has 1 aromatic carbocycles. The maximum absolute atomic E-state index is 12.5. The van der Waals surface area contributed by atoms with Gasteiger partial charge in [-0.1, -0.05) is 12.1 Å². The molecule has 0 spiro atoms. The number of amides is 3. The predicted molar refractivity (Wildman–Crippen MR) is 98.9 cm³/mol. The fraction of sp³-hybridized carbons (Fsp3) is 0.375. The highest BCUT2D eigenvalue weighted by atomic mass is 32.1. The number of nitrogens with one attached hydrogen (secondary N) is 2. The first-order valence-corrected chi connectivity index (χ1v) is 8.53. The Kier molecular flexibility index (Phi) is 8.56. The second kappa shape index (κ2) is 10.4. The Balaban J connectivity index is 2.95. The average Bonchev–Trinajstić information content (AvgIpc) is 2.59. The second-order valence-electron chi connectivity index (χ2n) is 5.79. The topological polar surface area (TPSA) is 185 Å². The van der Waals surface area contributed by atoms with Crippen LogP contribution in [-0.2, 0) is 25.6 Å². The van der Waals surface area contributed by atoms with Crippen molar-refractivity contribution in [1.29, 1.82) is 0 Å². The lowest BCUT2D eigenvalue weighted by atomic mass is 10.0. The number of aromatic hydroxyl groups is 1. The molecular formula is C16H22N4O6S. The van der Waals surface area contributed by atoms with Gasteiger partial charge in [0, 0.05) is 12.2 Å². The third kappa shape index (κ3) is 7.54. The number of carbonyl (C=O) groups is 4. The SMILES string of the molecule is NC(=O)CC(N)C(=O)NC(Cc1ccc(O)cc1)C(=O)NC(CS)C(=O)O. The lowest BCUT2D eigenvalue weighted by molar-refractivity contribution is -0.141. The van der Waals surface area contributed by atoms with Gasteiger partial charge in [0.15, 0.2) is 0 Å². The summed E-state index contributed by atoms with van der Waals surface area (Å²) in [5, 5.41) is 23.0. The predicted octanol–water partition coefficient (Wildman–Crippen LogP) is -1.88. The Labute approximate surface area is 160 Å². The van der Waals surface area contributed by atoms with Crippen LogP contribution >= 0.6 is 12.6 Å². The highest BCUT2D eigenvalue weighted by Crippen LogP contribution is 2.12. The number of carbonyl (C=O) groups excluding carboxylic acids is 3. The summed E-state index contributed by atoms with van der Waals surface area (Å²) in [6.45, 7) is 0. The number of hydrogen-bond donors (Lipinski definition) is 7. The van der Waals surface area contributed by atoms with E-state index in [2.05, 4.69) is 23.3 Å². The molecule has 0 aliphatic rings. The maximum Gasteiger partial charge on any atom is 0.327 e. The number of primary amides is 1. The van der Waals surface area contributed by atoms with Gasteiger partial charge in [-0.3, -0.25) is 14.4 Å². The summed E-state index contributed by atoms with van der Waals surface area (Å²) >= 11 is 3.87. The van der Waals surface area contributed by atoms with E-state index in [1.807, 2.05) is 0 Å². The van der Waals surface area contributed by atoms with Crippen molar-refractivity contribution in [3.8, 4) is 5.75 Å². The van der Waals surface area contributed by atoms with Gasteiger partial charge in [0.2, 0.25) is 17.7 Å². The third-order valence-electron chi connectivity index (χ3n) is 3.56. The third-order valence-corrected chi connectivity index (χ3v) is 3.93. The number of aliphatic carboxylic acids is 1. The molecule has 10 nitrogen and oxygen atoms in total. The summed E-state index contributed by atoms with van der Waals surface area (Å²) in [4.78, 5) is 46.6. The molecule has 0 fully saturated rings. The summed E-state index contributed by atoms with van der Waals surface area (Å²) in [6, 6.07) is 2.22. The molecule has 3 amide bonds. The largest absolute Gasteiger partial charge is 0.508 e. The summed E-state index contributed by atoms with van der Waals surface area (Å²) in [6.07, 6.45) is -0.409. The molecule has 1 rings (SSSR count). The van der Waals surface area contributed by atoms with E-state index < -0.39 is 48.2 Å². The van der Waals surface area contributed by atoms with Crippen molar-refractivity contribution >= 4 is 36.3 Å². The molecule has 11 heteroatoms. The number of carboxylic acids is 1. The van der Waals surface area contributed by atoms with Gasteiger partial charge in [0.25, 0.3) is 0 Å². The van der Waals surface area contributed by atoms with Crippen LogP contribution in [0.1, 0.15) is 12.0 Å². The minimum Gasteiger partial charge on any atom is -0.508 e. The minimum absolute atomic E-state index is 0.0000548. The zero-order valence-electron chi connectivity index (χ0n) is 14.3. The Morgan fingerprint density at radius 3 is 2.07 bits per heavy atom. The molecule has 1 aromatic rings. The molecule has 148 valence electrons. The van der Waals surface area contributed by atoms with Crippen molar-refractivity contribution in [2.75, 3.05) is 5.75 Å². The normalized spacial score (nSPS) is 13.9. The Morgan fingerprint density at radius 2 is 1.59 bits per heavy atom. The highest BCUT2D eigenvalue weighted by molar-refractivity contribution is 7.80. The van der Waals surface area contributed by atoms with Crippen molar-refractivity contribution in [3.63, 3.8) is 0 Å². The summed E-state index contributed by atoms with van der Waals surface area (Å²) in [5.41, 5.74) is 11.2. The zero-order chi connectivity index (χ0) is 20.6. The van der Waals surface area contributed by atoms with Crippen LogP contribution in [0.5, 0.6) is 5.75 Å². The van der Waals surface area contributed by atoms with Crippen LogP contribution in [0.4, 0.5) is 0 Å². The fourth-order valence-electron chi connectivity index (χ4n) is 2.12. The molecule has 8 N–H and O–H groups in total. The van der Waals surface area contributed by atoms with E-state index in [1.54, 1.807) is 12.1 Å². The molecule has 0 aliphatic carbocycles. The summed E-state index contributed by atoms with van der Waals surface area (Å²) < 4.78 is 0. The molecule has 0 aromatic heterocycles. The van der Waals surface area contributed by atoms with E-state index >= 15 is 0 Å². The van der Waals surface area contributed by atoms with Crippen molar-refractivity contribution in [2.45, 2.75) is 31.0 Å². The fourth-order valence-corrected chi connectivity index (χ4v) is 2.37. The van der Waals surface area contributed by atoms with Crippen LogP contribution in [-0.4, -0.2) is 57.8 Å². The number of phenolic OH excluding ortho intramolecular Hbond substituents is 1. The van der Waals surface area contributed by atoms with E-state index in [4.69, 9.17) is 16.6 Å². The molecule has 3 atom stereocenters. The van der Waals surface area contributed by atoms with Crippen molar-refractivity contribution in [3.05, 3.63) is 29.8 Å². The summed E-state index contributed by atoms with van der Waals surface area (Å²) in [7, 11) is 0. The molecule has 0 saturated heterocycles. The van der Waals surface area contributed by atoms with Crippen molar-refractivity contribution in [1.82, 2.24) is 10.6 Å². The minimum atomic E-state index is -1.28. The zero-order valence-corrected chi connectivity index (χ0v) is 15.2. The van der Waals surface area contributed by atoms with Gasteiger partial charge in [-0.15, -0.1) is 0 Å². The summed E-state index contributed by atoms with van der Waals surface area (Å²) in [5.74, 6) is -3.73. The Bertz CT molecular complexity index is 697. The first-order chi connectivity index (χ1) is 12.6. The number of rotatable bonds is 10. The molecule has 0 saturated carbocycles. The standard InChI is InChI=1S/C16H22N4O6S/c17-10(6-13(18)22)14(23)19-11(5-8-1-3-9(21)4-2-8)15(24)20-12(7-27)16(25)26/h1-4,10-12,21,27H,5-7,17H2,(H2,18,22)(H,19,23)(H,20,24)(H,25,26). The molecule has 0 radical (unpaired) electrons. The molecule has 0 bridgehead atoms. The number of thiol groups is 1. The Morgan fingerprint density at radius 1 is 1.04 bits per heavy atom. The number of phenols is 1. The van der Waals surface area contributed by atoms with Crippen LogP contribution in [0, 0.1) is 0 Å². The van der Waals surface area contributed by atoms with Crippen molar-refractivity contribution < 1.29 is 29.4 Å². The number of benzene rings is 1. The monoisotopic (exact) mass is 398 g/mol. The number of carboxylic acid groups (broad SMARTS) is 1. The Hall–Kier alpha value is -2.79. The number of nitrogens with two attached hydrogens (primary N) is 2.